The van der Waals surface area contributed by atoms with Crippen LogP contribution < -0.4 is 10.9 Å². The van der Waals surface area contributed by atoms with E-state index in [1.807, 2.05) is 24.3 Å². The smallest absolute Gasteiger partial charge is 0.267 e. The minimum absolute atomic E-state index is 0.231. The second-order valence-electron chi connectivity index (χ2n) is 5.43. The molecule has 2 aromatic carbocycles. The lowest BCUT2D eigenvalue weighted by atomic mass is 10.1. The minimum Gasteiger partial charge on any atom is -0.324 e. The van der Waals surface area contributed by atoms with E-state index in [2.05, 4.69) is 26.3 Å². The van der Waals surface area contributed by atoms with Crippen molar-refractivity contribution in [2.45, 2.75) is 6.54 Å². The fraction of sp³-hybridized carbons (Fsp3) is 0.0556. The van der Waals surface area contributed by atoms with Crippen LogP contribution in [-0.4, -0.2) is 15.7 Å². The predicted molar refractivity (Wildman–Crippen MR) is 107 cm³/mol. The molecule has 0 unspecified atom stereocenters. The molecule has 8 heteroatoms. The summed E-state index contributed by atoms with van der Waals surface area (Å²) in [6.07, 6.45) is 0. The summed E-state index contributed by atoms with van der Waals surface area (Å²) in [6.45, 7) is -0.231. The van der Waals surface area contributed by atoms with E-state index in [0.29, 0.717) is 21.4 Å². The molecule has 0 saturated heterocycles. The third kappa shape index (κ3) is 4.72. The Labute approximate surface area is 167 Å². The fourth-order valence-electron chi connectivity index (χ4n) is 2.33. The lowest BCUT2D eigenvalue weighted by molar-refractivity contribution is -0.117. The lowest BCUT2D eigenvalue weighted by Gasteiger charge is -2.09. The van der Waals surface area contributed by atoms with Gasteiger partial charge in [-0.05, 0) is 36.4 Å². The van der Waals surface area contributed by atoms with Gasteiger partial charge in [-0.25, -0.2) is 4.68 Å². The highest BCUT2D eigenvalue weighted by Crippen LogP contribution is 2.22. The first-order chi connectivity index (χ1) is 12.4. The van der Waals surface area contributed by atoms with E-state index >= 15 is 0 Å². The number of halogens is 3. The second kappa shape index (κ2) is 8.03. The van der Waals surface area contributed by atoms with Gasteiger partial charge < -0.3 is 5.32 Å². The zero-order valence-corrected chi connectivity index (χ0v) is 16.3. The molecule has 0 fully saturated rings. The second-order valence-corrected chi connectivity index (χ2v) is 7.22. The van der Waals surface area contributed by atoms with Crippen molar-refractivity contribution in [2.24, 2.45) is 0 Å². The number of carbonyl (C=O) groups is 1. The van der Waals surface area contributed by atoms with Crippen molar-refractivity contribution in [3.8, 4) is 11.3 Å². The summed E-state index contributed by atoms with van der Waals surface area (Å²) < 4.78 is 2.00. The van der Waals surface area contributed by atoms with Crippen molar-refractivity contribution in [1.82, 2.24) is 9.78 Å². The Kier molecular flexibility index (Phi) is 5.76. The third-order valence-electron chi connectivity index (χ3n) is 3.43. The Morgan fingerprint density at radius 1 is 1.08 bits per heavy atom. The number of benzene rings is 2. The Morgan fingerprint density at radius 2 is 1.81 bits per heavy atom. The van der Waals surface area contributed by atoms with E-state index in [4.69, 9.17) is 23.2 Å². The van der Waals surface area contributed by atoms with Crippen LogP contribution in [-0.2, 0) is 11.3 Å². The molecule has 0 spiro atoms. The van der Waals surface area contributed by atoms with Crippen LogP contribution >= 0.6 is 39.1 Å². The van der Waals surface area contributed by atoms with Gasteiger partial charge in [-0.3, -0.25) is 9.59 Å². The number of rotatable bonds is 4. The third-order valence-corrected chi connectivity index (χ3v) is 4.36. The van der Waals surface area contributed by atoms with Crippen LogP contribution in [0.25, 0.3) is 11.3 Å². The Bertz CT molecular complexity index is 1020. The van der Waals surface area contributed by atoms with Gasteiger partial charge in [-0.2, -0.15) is 5.10 Å². The molecule has 3 aromatic rings. The van der Waals surface area contributed by atoms with Crippen LogP contribution in [0.15, 0.2) is 63.9 Å². The number of hydrogen-bond donors (Lipinski definition) is 1. The molecule has 0 radical (unpaired) electrons. The van der Waals surface area contributed by atoms with Crippen molar-refractivity contribution >= 4 is 50.7 Å². The molecule has 5 nitrogen and oxygen atoms in total. The van der Waals surface area contributed by atoms with Crippen molar-refractivity contribution in [1.29, 1.82) is 0 Å². The van der Waals surface area contributed by atoms with Crippen LogP contribution in [0.4, 0.5) is 5.69 Å². The van der Waals surface area contributed by atoms with Crippen LogP contribution in [0.2, 0.25) is 10.0 Å². The van der Waals surface area contributed by atoms with Gasteiger partial charge in [-0.15, -0.1) is 0 Å². The molecular formula is C18H12BrCl2N3O2. The first-order valence-electron chi connectivity index (χ1n) is 7.51. The molecule has 0 aliphatic rings. The Morgan fingerprint density at radius 3 is 2.50 bits per heavy atom. The molecule has 0 aliphatic heterocycles. The van der Waals surface area contributed by atoms with Gasteiger partial charge in [0, 0.05) is 31.8 Å². The molecule has 1 aromatic heterocycles. The van der Waals surface area contributed by atoms with Gasteiger partial charge in [0.05, 0.1) is 5.69 Å². The van der Waals surface area contributed by atoms with Crippen LogP contribution in [0, 0.1) is 0 Å². The van der Waals surface area contributed by atoms with Gasteiger partial charge in [-0.1, -0.05) is 51.3 Å². The largest absolute Gasteiger partial charge is 0.324 e. The first-order valence-corrected chi connectivity index (χ1v) is 9.06. The SMILES string of the molecule is O=C(Cn1nc(-c2cccc(Br)c2)ccc1=O)Nc1cc(Cl)cc(Cl)c1. The molecule has 26 heavy (non-hydrogen) atoms. The molecule has 0 aliphatic carbocycles. The first kappa shape index (κ1) is 18.6. The number of carbonyl (C=O) groups excluding carboxylic acids is 1. The van der Waals surface area contributed by atoms with E-state index in [9.17, 15) is 9.59 Å². The molecule has 1 amide bonds. The molecule has 1 heterocycles. The van der Waals surface area contributed by atoms with Crippen molar-refractivity contribution in [3.05, 3.63) is 79.5 Å². The number of anilines is 1. The average Bonchev–Trinajstić information content (AvgIpc) is 2.56. The summed E-state index contributed by atoms with van der Waals surface area (Å²) in [7, 11) is 0. The standard InChI is InChI=1S/C18H12BrCl2N3O2/c19-12-3-1-2-11(6-12)16-4-5-18(26)24(23-16)10-17(25)22-15-8-13(20)7-14(21)9-15/h1-9H,10H2,(H,22,25). The maximum absolute atomic E-state index is 12.3. The zero-order chi connectivity index (χ0) is 18.7. The predicted octanol–water partition coefficient (Wildman–Crippen LogP) is 4.62. The summed E-state index contributed by atoms with van der Waals surface area (Å²) >= 11 is 15.2. The summed E-state index contributed by atoms with van der Waals surface area (Å²) in [5.74, 6) is -0.413. The lowest BCUT2D eigenvalue weighted by Crippen LogP contribution is -2.29. The molecule has 132 valence electrons. The highest BCUT2D eigenvalue weighted by Gasteiger charge is 2.09. The maximum atomic E-state index is 12.3. The van der Waals surface area contributed by atoms with Crippen LogP contribution in [0.1, 0.15) is 0 Å². The van der Waals surface area contributed by atoms with Crippen molar-refractivity contribution < 1.29 is 4.79 Å². The topological polar surface area (TPSA) is 64.0 Å². The van der Waals surface area contributed by atoms with Crippen molar-refractivity contribution in [3.63, 3.8) is 0 Å². The molecule has 1 N–H and O–H groups in total. The molecule has 0 saturated carbocycles. The van der Waals surface area contributed by atoms with Crippen molar-refractivity contribution in [2.75, 3.05) is 5.32 Å². The summed E-state index contributed by atoms with van der Waals surface area (Å²) in [5, 5.41) is 7.73. The Hall–Kier alpha value is -2.15. The fourth-order valence-corrected chi connectivity index (χ4v) is 3.25. The molecule has 0 bridgehead atoms. The van der Waals surface area contributed by atoms with Crippen LogP contribution in [0.3, 0.4) is 0 Å². The number of hydrogen-bond acceptors (Lipinski definition) is 3. The quantitative estimate of drug-likeness (QED) is 0.628. The number of amides is 1. The highest BCUT2D eigenvalue weighted by atomic mass is 79.9. The van der Waals surface area contributed by atoms with Gasteiger partial charge in [0.15, 0.2) is 0 Å². The molecular weight excluding hydrogens is 441 g/mol. The monoisotopic (exact) mass is 451 g/mol. The van der Waals surface area contributed by atoms with Gasteiger partial charge >= 0.3 is 0 Å². The van der Waals surface area contributed by atoms with E-state index in [0.717, 1.165) is 14.7 Å². The summed E-state index contributed by atoms with van der Waals surface area (Å²) in [4.78, 5) is 24.3. The van der Waals surface area contributed by atoms with Gasteiger partial charge in [0.2, 0.25) is 5.91 Å². The normalized spacial score (nSPS) is 10.6. The summed E-state index contributed by atoms with van der Waals surface area (Å²) in [6, 6.07) is 15.2. The van der Waals surface area contributed by atoms with E-state index in [1.165, 1.54) is 6.07 Å². The van der Waals surface area contributed by atoms with E-state index in [1.54, 1.807) is 24.3 Å². The number of aromatic nitrogens is 2. The van der Waals surface area contributed by atoms with Gasteiger partial charge in [0.25, 0.3) is 5.56 Å². The number of nitrogens with one attached hydrogen (secondary N) is 1. The molecule has 3 rings (SSSR count). The van der Waals surface area contributed by atoms with E-state index in [-0.39, 0.29) is 12.1 Å². The highest BCUT2D eigenvalue weighted by molar-refractivity contribution is 9.10. The Balaban J connectivity index is 1.81. The van der Waals surface area contributed by atoms with Crippen LogP contribution in [0.5, 0.6) is 0 Å². The van der Waals surface area contributed by atoms with E-state index < -0.39 is 5.91 Å². The molecule has 0 atom stereocenters. The van der Waals surface area contributed by atoms with Gasteiger partial charge in [0.1, 0.15) is 6.54 Å². The minimum atomic E-state index is -0.413. The zero-order valence-electron chi connectivity index (χ0n) is 13.2. The maximum Gasteiger partial charge on any atom is 0.267 e. The number of nitrogens with zero attached hydrogens (tertiary/aromatic N) is 2. The summed E-state index contributed by atoms with van der Waals surface area (Å²) in [5.41, 5.74) is 1.49. The average molecular weight is 453 g/mol.